The van der Waals surface area contributed by atoms with E-state index in [1.807, 2.05) is 29.2 Å². The molecule has 5 rings (SSSR count). The first-order valence-corrected chi connectivity index (χ1v) is 11.8. The van der Waals surface area contributed by atoms with E-state index in [1.165, 1.54) is 31.2 Å². The number of carbonyl (C=O) groups excluding carboxylic acids is 1. The van der Waals surface area contributed by atoms with Crippen LogP contribution >= 0.6 is 0 Å². The predicted octanol–water partition coefficient (Wildman–Crippen LogP) is 2.94. The number of likely N-dealkylation sites (tertiary alicyclic amines) is 1. The zero-order valence-electron chi connectivity index (χ0n) is 18.4. The van der Waals surface area contributed by atoms with Crippen LogP contribution in [-0.2, 0) is 24.2 Å². The van der Waals surface area contributed by atoms with Gasteiger partial charge in [0.25, 0.3) is 5.56 Å². The van der Waals surface area contributed by atoms with Gasteiger partial charge in [-0.25, -0.2) is 4.98 Å². The lowest BCUT2D eigenvalue weighted by molar-refractivity contribution is -0.129. The molecule has 0 radical (unpaired) electrons. The monoisotopic (exact) mass is 420 g/mol. The molecule has 2 aliphatic heterocycles. The molecule has 1 saturated heterocycles. The fourth-order valence-electron chi connectivity index (χ4n) is 5.46. The Labute approximate surface area is 183 Å². The molecule has 0 bridgehead atoms. The number of aromatic amines is 1. The van der Waals surface area contributed by atoms with Crippen molar-refractivity contribution < 1.29 is 4.79 Å². The Morgan fingerprint density at radius 3 is 2.68 bits per heavy atom. The van der Waals surface area contributed by atoms with Gasteiger partial charge in [-0.05, 0) is 38.2 Å². The summed E-state index contributed by atoms with van der Waals surface area (Å²) in [6.45, 7) is 5.17. The van der Waals surface area contributed by atoms with Gasteiger partial charge in [0.2, 0.25) is 5.91 Å². The first-order valence-electron chi connectivity index (χ1n) is 11.8. The highest BCUT2D eigenvalue weighted by Gasteiger charge is 2.32. The lowest BCUT2D eigenvalue weighted by Gasteiger charge is -2.32. The van der Waals surface area contributed by atoms with Crippen molar-refractivity contribution in [1.82, 2.24) is 19.8 Å². The summed E-state index contributed by atoms with van der Waals surface area (Å²) in [7, 11) is 0. The molecule has 1 saturated carbocycles. The molecule has 0 unspecified atom stereocenters. The Morgan fingerprint density at radius 2 is 1.90 bits per heavy atom. The lowest BCUT2D eigenvalue weighted by Crippen LogP contribution is -2.41. The van der Waals surface area contributed by atoms with Gasteiger partial charge in [-0.2, -0.15) is 0 Å². The smallest absolute Gasteiger partial charge is 0.254 e. The second kappa shape index (κ2) is 8.58. The molecule has 2 aromatic rings. The van der Waals surface area contributed by atoms with E-state index in [0.29, 0.717) is 19.0 Å². The van der Waals surface area contributed by atoms with Crippen molar-refractivity contribution in [3.8, 4) is 0 Å². The maximum absolute atomic E-state index is 12.8. The number of benzene rings is 1. The summed E-state index contributed by atoms with van der Waals surface area (Å²) in [5.74, 6) is 1.03. The molecule has 164 valence electrons. The van der Waals surface area contributed by atoms with Crippen LogP contribution in [0.3, 0.4) is 0 Å². The molecule has 2 fully saturated rings. The van der Waals surface area contributed by atoms with Crippen molar-refractivity contribution in [1.29, 1.82) is 0 Å². The second-order valence-electron chi connectivity index (χ2n) is 9.52. The molecule has 3 aliphatic rings. The van der Waals surface area contributed by atoms with Gasteiger partial charge in [-0.3, -0.25) is 14.5 Å². The summed E-state index contributed by atoms with van der Waals surface area (Å²) in [4.78, 5) is 38.0. The normalized spacial score (nSPS) is 22.1. The van der Waals surface area contributed by atoms with Gasteiger partial charge in [0.15, 0.2) is 0 Å². The van der Waals surface area contributed by atoms with E-state index in [0.717, 1.165) is 55.1 Å². The Balaban J connectivity index is 1.27. The molecule has 0 spiro atoms. The highest BCUT2D eigenvalue weighted by Crippen LogP contribution is 2.29. The number of aryl methyl sites for hydroxylation is 1. The van der Waals surface area contributed by atoms with Crippen LogP contribution in [0.1, 0.15) is 66.2 Å². The van der Waals surface area contributed by atoms with Gasteiger partial charge in [-0.15, -0.1) is 0 Å². The molecule has 31 heavy (non-hydrogen) atoms. The first kappa shape index (κ1) is 20.4. The SMILES string of the molecule is Cc1ccc(CC(=O)N2CC[C@@H](c3nc4c(c(=O)[nH]3)CCN(C3CCCC3)C4)C2)cc1. The van der Waals surface area contributed by atoms with Crippen molar-refractivity contribution in [3.05, 3.63) is 62.8 Å². The van der Waals surface area contributed by atoms with Crippen LogP contribution in [0.5, 0.6) is 0 Å². The van der Waals surface area contributed by atoms with Gasteiger partial charge in [0.1, 0.15) is 5.82 Å². The van der Waals surface area contributed by atoms with Gasteiger partial charge in [0, 0.05) is 43.7 Å². The number of H-pyrrole nitrogens is 1. The number of nitrogens with zero attached hydrogens (tertiary/aromatic N) is 3. The molecule has 6 nitrogen and oxygen atoms in total. The fourth-order valence-corrected chi connectivity index (χ4v) is 5.46. The minimum Gasteiger partial charge on any atom is -0.342 e. The van der Waals surface area contributed by atoms with Crippen molar-refractivity contribution in [2.24, 2.45) is 0 Å². The van der Waals surface area contributed by atoms with Crippen LogP contribution in [0.4, 0.5) is 0 Å². The van der Waals surface area contributed by atoms with Crippen LogP contribution in [0.15, 0.2) is 29.1 Å². The minimum absolute atomic E-state index is 0.0236. The van der Waals surface area contributed by atoms with E-state index >= 15 is 0 Å². The number of carbonyl (C=O) groups is 1. The summed E-state index contributed by atoms with van der Waals surface area (Å²) < 4.78 is 0. The van der Waals surface area contributed by atoms with E-state index in [1.54, 1.807) is 0 Å². The number of rotatable bonds is 4. The first-order chi connectivity index (χ1) is 15.1. The van der Waals surface area contributed by atoms with Gasteiger partial charge >= 0.3 is 0 Å². The van der Waals surface area contributed by atoms with E-state index in [4.69, 9.17) is 4.98 Å². The maximum Gasteiger partial charge on any atom is 0.254 e. The lowest BCUT2D eigenvalue weighted by atomic mass is 10.0. The molecule has 1 N–H and O–H groups in total. The number of aromatic nitrogens is 2. The molecule has 1 aliphatic carbocycles. The molecular weight excluding hydrogens is 388 g/mol. The Bertz CT molecular complexity index is 1010. The summed E-state index contributed by atoms with van der Waals surface area (Å²) in [6.07, 6.45) is 7.25. The standard InChI is InChI=1S/C25H32N4O2/c1-17-6-8-18(9-7-17)14-23(30)29-12-10-19(15-29)24-26-22-16-28(20-4-2-3-5-20)13-11-21(22)25(31)27-24/h6-9,19-20H,2-5,10-16H2,1H3,(H,26,27,31)/t19-/m1/s1. The molecule has 1 aromatic heterocycles. The molecule has 6 heteroatoms. The topological polar surface area (TPSA) is 69.3 Å². The zero-order chi connectivity index (χ0) is 21.4. The second-order valence-corrected chi connectivity index (χ2v) is 9.52. The number of hydrogen-bond acceptors (Lipinski definition) is 4. The number of hydrogen-bond donors (Lipinski definition) is 1. The Hall–Kier alpha value is -2.47. The molecule has 1 aromatic carbocycles. The predicted molar refractivity (Wildman–Crippen MR) is 120 cm³/mol. The van der Waals surface area contributed by atoms with E-state index in [2.05, 4.69) is 16.8 Å². The Morgan fingerprint density at radius 1 is 1.13 bits per heavy atom. The van der Waals surface area contributed by atoms with E-state index in [9.17, 15) is 9.59 Å². The van der Waals surface area contributed by atoms with Gasteiger partial charge < -0.3 is 9.88 Å². The maximum atomic E-state index is 12.8. The third-order valence-corrected chi connectivity index (χ3v) is 7.37. The fraction of sp³-hybridized carbons (Fsp3) is 0.560. The third-order valence-electron chi connectivity index (χ3n) is 7.37. The van der Waals surface area contributed by atoms with Crippen molar-refractivity contribution in [2.45, 2.75) is 70.4 Å². The number of nitrogens with one attached hydrogen (secondary N) is 1. The summed E-state index contributed by atoms with van der Waals surface area (Å²) >= 11 is 0. The van der Waals surface area contributed by atoms with Crippen molar-refractivity contribution in [2.75, 3.05) is 19.6 Å². The quantitative estimate of drug-likeness (QED) is 0.826. The summed E-state index contributed by atoms with van der Waals surface area (Å²) in [5.41, 5.74) is 4.10. The van der Waals surface area contributed by atoms with E-state index < -0.39 is 0 Å². The Kier molecular flexibility index (Phi) is 5.65. The average molecular weight is 421 g/mol. The molecule has 1 amide bonds. The van der Waals surface area contributed by atoms with Gasteiger partial charge in [0.05, 0.1) is 12.1 Å². The molecular formula is C25H32N4O2. The highest BCUT2D eigenvalue weighted by molar-refractivity contribution is 5.79. The largest absolute Gasteiger partial charge is 0.342 e. The minimum atomic E-state index is 0.0236. The molecule has 1 atom stereocenters. The molecule has 3 heterocycles. The van der Waals surface area contributed by atoms with Crippen molar-refractivity contribution >= 4 is 5.91 Å². The summed E-state index contributed by atoms with van der Waals surface area (Å²) in [5, 5.41) is 0. The third kappa shape index (κ3) is 4.31. The van der Waals surface area contributed by atoms with E-state index in [-0.39, 0.29) is 17.4 Å². The van der Waals surface area contributed by atoms with Gasteiger partial charge in [-0.1, -0.05) is 42.7 Å². The van der Waals surface area contributed by atoms with Crippen LogP contribution in [-0.4, -0.2) is 51.4 Å². The van der Waals surface area contributed by atoms with Crippen molar-refractivity contribution in [3.63, 3.8) is 0 Å². The number of fused-ring (bicyclic) bond motifs is 1. The average Bonchev–Trinajstić information content (AvgIpc) is 3.47. The summed E-state index contributed by atoms with van der Waals surface area (Å²) in [6, 6.07) is 8.80. The number of amides is 1. The zero-order valence-corrected chi connectivity index (χ0v) is 18.4. The highest BCUT2D eigenvalue weighted by atomic mass is 16.2. The van der Waals surface area contributed by atoms with Crippen LogP contribution in [0.25, 0.3) is 0 Å². The van der Waals surface area contributed by atoms with Crippen LogP contribution in [0.2, 0.25) is 0 Å². The van der Waals surface area contributed by atoms with Crippen LogP contribution < -0.4 is 5.56 Å². The van der Waals surface area contributed by atoms with Crippen LogP contribution in [0, 0.1) is 6.92 Å².